The molecule has 0 bridgehead atoms. The third-order valence-electron chi connectivity index (χ3n) is 4.70. The zero-order valence-corrected chi connectivity index (χ0v) is 16.6. The van der Waals surface area contributed by atoms with Crippen LogP contribution in [-0.2, 0) is 10.0 Å². The van der Waals surface area contributed by atoms with Crippen molar-refractivity contribution in [3.05, 3.63) is 42.0 Å². The van der Waals surface area contributed by atoms with Crippen LogP contribution in [0.3, 0.4) is 0 Å². The monoisotopic (exact) mass is 405 g/mol. The summed E-state index contributed by atoms with van der Waals surface area (Å²) in [4.78, 5) is 11.4. The average Bonchev–Trinajstić information content (AvgIpc) is 3.36. The minimum Gasteiger partial charge on any atom is -0.355 e. The number of anilines is 1. The normalized spacial score (nSPS) is 16.0. The van der Waals surface area contributed by atoms with E-state index in [0.717, 1.165) is 22.0 Å². The fourth-order valence-electron chi connectivity index (χ4n) is 3.05. The number of hydrogen-bond donors (Lipinski definition) is 0. The predicted octanol–water partition coefficient (Wildman–Crippen LogP) is 2.32. The molecule has 0 radical (unpaired) electrons. The van der Waals surface area contributed by atoms with Gasteiger partial charge in [-0.1, -0.05) is 5.16 Å². The van der Waals surface area contributed by atoms with Gasteiger partial charge in [-0.25, -0.2) is 18.4 Å². The van der Waals surface area contributed by atoms with Crippen molar-refractivity contribution in [3.8, 4) is 10.6 Å². The van der Waals surface area contributed by atoms with Crippen molar-refractivity contribution in [2.45, 2.75) is 18.1 Å². The first-order valence-electron chi connectivity index (χ1n) is 8.51. The van der Waals surface area contributed by atoms with Crippen molar-refractivity contribution in [2.24, 2.45) is 0 Å². The van der Waals surface area contributed by atoms with Gasteiger partial charge in [-0.2, -0.15) is 4.31 Å². The van der Waals surface area contributed by atoms with Crippen molar-refractivity contribution in [1.82, 2.24) is 19.4 Å². The summed E-state index contributed by atoms with van der Waals surface area (Å²) in [6, 6.07) is 5.09. The zero-order chi connectivity index (χ0) is 19.0. The lowest BCUT2D eigenvalue weighted by Crippen LogP contribution is -2.49. The van der Waals surface area contributed by atoms with Crippen LogP contribution in [0.15, 0.2) is 39.5 Å². The summed E-state index contributed by atoms with van der Waals surface area (Å²) in [5.74, 6) is 1.45. The molecule has 0 N–H and O–H groups in total. The molecule has 8 nitrogen and oxygen atoms in total. The van der Waals surface area contributed by atoms with Crippen molar-refractivity contribution in [1.29, 1.82) is 0 Å². The van der Waals surface area contributed by atoms with Gasteiger partial charge in [-0.15, -0.1) is 11.3 Å². The lowest BCUT2D eigenvalue weighted by Gasteiger charge is -2.35. The summed E-state index contributed by atoms with van der Waals surface area (Å²) in [6.45, 7) is 5.96. The highest BCUT2D eigenvalue weighted by Gasteiger charge is 2.31. The van der Waals surface area contributed by atoms with Crippen LogP contribution in [0.1, 0.15) is 11.3 Å². The molecule has 1 aliphatic heterocycles. The van der Waals surface area contributed by atoms with E-state index >= 15 is 0 Å². The molecule has 0 unspecified atom stereocenters. The molecule has 142 valence electrons. The first kappa shape index (κ1) is 18.1. The second-order valence-corrected chi connectivity index (χ2v) is 9.54. The van der Waals surface area contributed by atoms with E-state index < -0.39 is 10.0 Å². The van der Waals surface area contributed by atoms with Crippen LogP contribution in [0.2, 0.25) is 0 Å². The lowest BCUT2D eigenvalue weighted by atomic mass is 10.2. The molecule has 0 aliphatic carbocycles. The van der Waals surface area contributed by atoms with Gasteiger partial charge in [0.15, 0.2) is 5.76 Å². The second-order valence-electron chi connectivity index (χ2n) is 6.29. The summed E-state index contributed by atoms with van der Waals surface area (Å²) < 4.78 is 32.9. The zero-order valence-electron chi connectivity index (χ0n) is 15.0. The predicted molar refractivity (Wildman–Crippen MR) is 102 cm³/mol. The lowest BCUT2D eigenvalue weighted by molar-refractivity contribution is 0.384. The SMILES string of the molecule is Cc1ncnc(N2CCN(S(=O)(=O)c3ccc(-c4ccno4)s3)CC2)c1C. The van der Waals surface area contributed by atoms with Gasteiger partial charge < -0.3 is 9.42 Å². The summed E-state index contributed by atoms with van der Waals surface area (Å²) in [7, 11) is -3.53. The van der Waals surface area contributed by atoms with Crippen LogP contribution in [0.4, 0.5) is 5.82 Å². The van der Waals surface area contributed by atoms with Gasteiger partial charge in [0, 0.05) is 43.5 Å². The van der Waals surface area contributed by atoms with E-state index in [1.54, 1.807) is 30.7 Å². The average molecular weight is 406 g/mol. The van der Waals surface area contributed by atoms with E-state index in [2.05, 4.69) is 20.0 Å². The molecule has 4 heterocycles. The highest BCUT2D eigenvalue weighted by molar-refractivity contribution is 7.91. The van der Waals surface area contributed by atoms with Crippen molar-refractivity contribution >= 4 is 27.2 Å². The first-order valence-corrected chi connectivity index (χ1v) is 10.8. The number of aromatic nitrogens is 3. The van der Waals surface area contributed by atoms with Crippen molar-refractivity contribution in [2.75, 3.05) is 31.1 Å². The Morgan fingerprint density at radius 3 is 2.56 bits per heavy atom. The first-order chi connectivity index (χ1) is 13.0. The number of thiophene rings is 1. The Morgan fingerprint density at radius 2 is 1.85 bits per heavy atom. The number of sulfonamides is 1. The van der Waals surface area contributed by atoms with Gasteiger partial charge in [0.25, 0.3) is 10.0 Å². The Balaban J connectivity index is 1.49. The maximum absolute atomic E-state index is 13.0. The molecule has 0 aromatic carbocycles. The Hall–Kier alpha value is -2.30. The quantitative estimate of drug-likeness (QED) is 0.658. The molecule has 1 fully saturated rings. The minimum absolute atomic E-state index is 0.316. The molecule has 0 saturated carbocycles. The fraction of sp³-hybridized carbons (Fsp3) is 0.353. The van der Waals surface area contributed by atoms with Gasteiger partial charge in [-0.05, 0) is 26.0 Å². The maximum atomic E-state index is 13.0. The minimum atomic E-state index is -3.53. The van der Waals surface area contributed by atoms with Crippen LogP contribution in [0.5, 0.6) is 0 Å². The fourth-order valence-corrected chi connectivity index (χ4v) is 5.89. The molecule has 27 heavy (non-hydrogen) atoms. The highest BCUT2D eigenvalue weighted by atomic mass is 32.2. The molecular formula is C17H19N5O3S2. The molecule has 10 heteroatoms. The third kappa shape index (κ3) is 3.35. The summed E-state index contributed by atoms with van der Waals surface area (Å²) in [5.41, 5.74) is 1.97. The Morgan fingerprint density at radius 1 is 1.07 bits per heavy atom. The third-order valence-corrected chi connectivity index (χ3v) is 8.17. The van der Waals surface area contributed by atoms with E-state index in [0.29, 0.717) is 36.1 Å². The van der Waals surface area contributed by atoms with Gasteiger partial charge in [0.1, 0.15) is 16.4 Å². The van der Waals surface area contributed by atoms with Crippen molar-refractivity contribution < 1.29 is 12.9 Å². The Bertz CT molecular complexity index is 1040. The molecule has 4 rings (SSSR count). The molecular weight excluding hydrogens is 386 g/mol. The highest BCUT2D eigenvalue weighted by Crippen LogP contribution is 2.32. The standard InChI is InChI=1S/C17H19N5O3S2/c1-12-13(2)18-11-19-17(12)21-7-9-22(10-8-21)27(23,24)16-4-3-15(26-16)14-5-6-20-25-14/h3-6,11H,7-10H2,1-2H3. The molecule has 3 aromatic heterocycles. The van der Waals surface area contributed by atoms with Gasteiger partial charge in [0.2, 0.25) is 0 Å². The number of nitrogens with zero attached hydrogens (tertiary/aromatic N) is 5. The largest absolute Gasteiger partial charge is 0.355 e. The molecule has 0 spiro atoms. The van der Waals surface area contributed by atoms with Crippen LogP contribution < -0.4 is 4.90 Å². The second kappa shape index (κ2) is 7.02. The maximum Gasteiger partial charge on any atom is 0.252 e. The summed E-state index contributed by atoms with van der Waals surface area (Å²) in [6.07, 6.45) is 3.09. The molecule has 3 aromatic rings. The summed E-state index contributed by atoms with van der Waals surface area (Å²) in [5, 5.41) is 3.67. The Kier molecular flexibility index (Phi) is 4.70. The van der Waals surface area contributed by atoms with E-state index in [1.165, 1.54) is 15.6 Å². The van der Waals surface area contributed by atoms with Crippen molar-refractivity contribution in [3.63, 3.8) is 0 Å². The Labute approximate surface area is 161 Å². The van der Waals surface area contributed by atoms with Gasteiger partial charge in [0.05, 0.1) is 11.1 Å². The van der Waals surface area contributed by atoms with Gasteiger partial charge in [-0.3, -0.25) is 0 Å². The number of hydrogen-bond acceptors (Lipinski definition) is 8. The topological polar surface area (TPSA) is 92.4 Å². The number of rotatable bonds is 4. The molecule has 1 aliphatic rings. The summed E-state index contributed by atoms with van der Waals surface area (Å²) >= 11 is 1.20. The van der Waals surface area contributed by atoms with Crippen LogP contribution in [0.25, 0.3) is 10.6 Å². The smallest absolute Gasteiger partial charge is 0.252 e. The molecule has 1 saturated heterocycles. The molecule has 0 atom stereocenters. The van der Waals surface area contributed by atoms with E-state index in [4.69, 9.17) is 4.52 Å². The van der Waals surface area contributed by atoms with Crippen LogP contribution in [-0.4, -0.2) is 54.0 Å². The van der Waals surface area contributed by atoms with Gasteiger partial charge >= 0.3 is 0 Å². The van der Waals surface area contributed by atoms with Crippen LogP contribution >= 0.6 is 11.3 Å². The number of piperazine rings is 1. The van der Waals surface area contributed by atoms with E-state index in [-0.39, 0.29) is 0 Å². The van der Waals surface area contributed by atoms with E-state index in [1.807, 2.05) is 13.8 Å². The van der Waals surface area contributed by atoms with Crippen LogP contribution in [0, 0.1) is 13.8 Å². The molecule has 0 amide bonds. The van der Waals surface area contributed by atoms with E-state index in [9.17, 15) is 8.42 Å². The number of aryl methyl sites for hydroxylation is 1.